The van der Waals surface area contributed by atoms with Gasteiger partial charge in [-0.2, -0.15) is 0 Å². The molecule has 0 spiro atoms. The van der Waals surface area contributed by atoms with E-state index in [2.05, 4.69) is 0 Å². The van der Waals surface area contributed by atoms with Crippen molar-refractivity contribution in [2.24, 2.45) is 0 Å². The number of esters is 2. The molecule has 0 bridgehead atoms. The first-order valence-corrected chi connectivity index (χ1v) is 11.0. The fraction of sp³-hybridized carbons (Fsp3) is 0.360. The standard InChI is InChI=1S/C25H27NO10/c1-25(2,3)36-21(29)13-26-16-12-15(24(31)33-11-10-32-4)8-9-17(16)35-19-7-5-6-18(22(19)23(26)30)34-14-20(27)28/h5-9,12H,10-11,13-14H2,1-4H3,(H,27,28). The Bertz CT molecular complexity index is 1170. The van der Waals surface area contributed by atoms with E-state index in [4.69, 9.17) is 28.8 Å². The zero-order valence-corrected chi connectivity index (χ0v) is 20.4. The van der Waals surface area contributed by atoms with Gasteiger partial charge in [-0.15, -0.1) is 0 Å². The number of methoxy groups -OCH3 is 1. The second-order valence-electron chi connectivity index (χ2n) is 8.70. The molecule has 1 amide bonds. The van der Waals surface area contributed by atoms with Crippen LogP contribution in [0.3, 0.4) is 0 Å². The molecular weight excluding hydrogens is 474 g/mol. The van der Waals surface area contributed by atoms with Crippen molar-refractivity contribution in [3.05, 3.63) is 47.5 Å². The van der Waals surface area contributed by atoms with Gasteiger partial charge in [-0.05, 0) is 51.1 Å². The Labute approximate surface area is 207 Å². The molecule has 36 heavy (non-hydrogen) atoms. The molecule has 11 heteroatoms. The van der Waals surface area contributed by atoms with E-state index < -0.39 is 42.6 Å². The Balaban J connectivity index is 2.06. The fourth-order valence-corrected chi connectivity index (χ4v) is 3.33. The molecule has 0 atom stereocenters. The van der Waals surface area contributed by atoms with Crippen LogP contribution in [0, 0.1) is 0 Å². The van der Waals surface area contributed by atoms with Crippen LogP contribution in [0.15, 0.2) is 36.4 Å². The average Bonchev–Trinajstić information content (AvgIpc) is 2.91. The molecule has 3 rings (SSSR count). The van der Waals surface area contributed by atoms with E-state index in [1.165, 1.54) is 43.5 Å². The van der Waals surface area contributed by atoms with E-state index in [1.807, 2.05) is 0 Å². The lowest BCUT2D eigenvalue weighted by atomic mass is 10.1. The Morgan fingerprint density at radius 3 is 2.47 bits per heavy atom. The highest BCUT2D eigenvalue weighted by molar-refractivity contribution is 6.13. The van der Waals surface area contributed by atoms with E-state index in [0.717, 1.165) is 4.90 Å². The summed E-state index contributed by atoms with van der Waals surface area (Å²) in [5.41, 5.74) is -0.662. The number of benzene rings is 2. The first-order valence-electron chi connectivity index (χ1n) is 11.0. The third-order valence-electron chi connectivity index (χ3n) is 4.73. The van der Waals surface area contributed by atoms with Crippen LogP contribution in [0.2, 0.25) is 0 Å². The number of carboxylic acid groups (broad SMARTS) is 1. The minimum Gasteiger partial charge on any atom is -0.481 e. The first-order chi connectivity index (χ1) is 17.0. The molecule has 1 aliphatic heterocycles. The highest BCUT2D eigenvalue weighted by atomic mass is 16.6. The van der Waals surface area contributed by atoms with Gasteiger partial charge in [0.15, 0.2) is 12.4 Å². The van der Waals surface area contributed by atoms with Gasteiger partial charge in [-0.1, -0.05) is 6.07 Å². The molecule has 1 aliphatic rings. The summed E-state index contributed by atoms with van der Waals surface area (Å²) in [5.74, 6) is -3.09. The van der Waals surface area contributed by atoms with E-state index >= 15 is 0 Å². The summed E-state index contributed by atoms with van der Waals surface area (Å²) < 4.78 is 26.7. The van der Waals surface area contributed by atoms with Gasteiger partial charge in [-0.3, -0.25) is 14.5 Å². The summed E-state index contributed by atoms with van der Waals surface area (Å²) in [5, 5.41) is 9.02. The van der Waals surface area contributed by atoms with Crippen molar-refractivity contribution in [3.63, 3.8) is 0 Å². The lowest BCUT2D eigenvalue weighted by Crippen LogP contribution is -2.38. The van der Waals surface area contributed by atoms with E-state index in [1.54, 1.807) is 20.8 Å². The first kappa shape index (κ1) is 26.5. The number of fused-ring (bicyclic) bond motifs is 2. The zero-order valence-electron chi connectivity index (χ0n) is 20.4. The highest BCUT2D eigenvalue weighted by Gasteiger charge is 2.34. The van der Waals surface area contributed by atoms with Crippen LogP contribution in [0.4, 0.5) is 5.69 Å². The van der Waals surface area contributed by atoms with Crippen LogP contribution in [-0.2, 0) is 23.8 Å². The Hall–Kier alpha value is -4.12. The highest BCUT2D eigenvalue weighted by Crippen LogP contribution is 2.42. The number of anilines is 1. The van der Waals surface area contributed by atoms with Crippen LogP contribution in [0.5, 0.6) is 17.2 Å². The maximum absolute atomic E-state index is 13.7. The number of carboxylic acids is 1. The predicted octanol–water partition coefficient (Wildman–Crippen LogP) is 3.05. The molecule has 0 saturated heterocycles. The molecule has 2 aromatic rings. The summed E-state index contributed by atoms with van der Waals surface area (Å²) >= 11 is 0. The molecule has 192 valence electrons. The summed E-state index contributed by atoms with van der Waals surface area (Å²) in [7, 11) is 1.47. The molecule has 0 saturated carbocycles. The van der Waals surface area contributed by atoms with Gasteiger partial charge in [0.05, 0.1) is 17.9 Å². The van der Waals surface area contributed by atoms with Gasteiger partial charge < -0.3 is 28.8 Å². The summed E-state index contributed by atoms with van der Waals surface area (Å²) in [4.78, 5) is 51.1. The van der Waals surface area contributed by atoms with Crippen molar-refractivity contribution in [2.75, 3.05) is 38.4 Å². The zero-order chi connectivity index (χ0) is 26.5. The molecule has 0 radical (unpaired) electrons. The minimum absolute atomic E-state index is 0.0270. The van der Waals surface area contributed by atoms with Gasteiger partial charge in [0.2, 0.25) is 0 Å². The van der Waals surface area contributed by atoms with Gasteiger partial charge in [-0.25, -0.2) is 9.59 Å². The van der Waals surface area contributed by atoms with Crippen LogP contribution in [0.25, 0.3) is 0 Å². The van der Waals surface area contributed by atoms with Crippen molar-refractivity contribution < 1.29 is 48.0 Å². The average molecular weight is 501 g/mol. The third kappa shape index (κ3) is 6.51. The monoisotopic (exact) mass is 501 g/mol. The maximum Gasteiger partial charge on any atom is 0.341 e. The lowest BCUT2D eigenvalue weighted by molar-refractivity contribution is -0.152. The van der Waals surface area contributed by atoms with E-state index in [9.17, 15) is 19.2 Å². The van der Waals surface area contributed by atoms with Gasteiger partial charge in [0.25, 0.3) is 5.91 Å². The number of carbonyl (C=O) groups is 4. The van der Waals surface area contributed by atoms with Gasteiger partial charge in [0.1, 0.15) is 35.8 Å². The molecule has 2 aromatic carbocycles. The second kappa shape index (κ2) is 11.1. The van der Waals surface area contributed by atoms with E-state index in [0.29, 0.717) is 0 Å². The number of ether oxygens (including phenoxy) is 5. The topological polar surface area (TPSA) is 138 Å². The van der Waals surface area contributed by atoms with Crippen molar-refractivity contribution >= 4 is 29.5 Å². The Morgan fingerprint density at radius 2 is 1.81 bits per heavy atom. The molecule has 1 N–H and O–H groups in total. The Kier molecular flexibility index (Phi) is 8.15. The van der Waals surface area contributed by atoms with Crippen molar-refractivity contribution in [1.82, 2.24) is 0 Å². The minimum atomic E-state index is -1.24. The van der Waals surface area contributed by atoms with Crippen molar-refractivity contribution in [2.45, 2.75) is 26.4 Å². The second-order valence-corrected chi connectivity index (χ2v) is 8.70. The van der Waals surface area contributed by atoms with Crippen LogP contribution in [0.1, 0.15) is 41.5 Å². The van der Waals surface area contributed by atoms with Gasteiger partial charge >= 0.3 is 17.9 Å². The summed E-state index contributed by atoms with van der Waals surface area (Å²) in [6, 6.07) is 8.76. The van der Waals surface area contributed by atoms with Crippen LogP contribution in [-0.4, -0.2) is 68.0 Å². The molecule has 0 aliphatic carbocycles. The SMILES string of the molecule is COCCOC(=O)c1ccc2c(c1)N(CC(=O)OC(C)(C)C)C(=O)c1c(OCC(=O)O)cccc1O2. The van der Waals surface area contributed by atoms with E-state index in [-0.39, 0.29) is 47.3 Å². The summed E-state index contributed by atoms with van der Waals surface area (Å²) in [6.07, 6.45) is 0. The van der Waals surface area contributed by atoms with Crippen LogP contribution >= 0.6 is 0 Å². The fourth-order valence-electron chi connectivity index (χ4n) is 3.33. The maximum atomic E-state index is 13.7. The molecule has 11 nitrogen and oxygen atoms in total. The van der Waals surface area contributed by atoms with Gasteiger partial charge in [0, 0.05) is 7.11 Å². The number of carbonyl (C=O) groups excluding carboxylic acids is 3. The normalized spacial score (nSPS) is 12.6. The molecular formula is C25H27NO10. The molecule has 0 aromatic heterocycles. The van der Waals surface area contributed by atoms with Crippen LogP contribution < -0.4 is 14.4 Å². The number of nitrogens with zero attached hydrogens (tertiary/aromatic N) is 1. The van der Waals surface area contributed by atoms with Crippen molar-refractivity contribution in [1.29, 1.82) is 0 Å². The smallest absolute Gasteiger partial charge is 0.341 e. The number of amides is 1. The quantitative estimate of drug-likeness (QED) is 0.403. The lowest BCUT2D eigenvalue weighted by Gasteiger charge is -2.25. The number of hydrogen-bond donors (Lipinski definition) is 1. The predicted molar refractivity (Wildman–Crippen MR) is 126 cm³/mol. The number of rotatable bonds is 9. The van der Waals surface area contributed by atoms with Crippen molar-refractivity contribution in [3.8, 4) is 17.2 Å². The summed E-state index contributed by atoms with van der Waals surface area (Å²) in [6.45, 7) is 4.09. The molecule has 0 fully saturated rings. The third-order valence-corrected chi connectivity index (χ3v) is 4.73. The number of aliphatic carboxylic acids is 1. The largest absolute Gasteiger partial charge is 0.481 e. The Morgan fingerprint density at radius 1 is 1.06 bits per heavy atom. The number of hydrogen-bond acceptors (Lipinski definition) is 9. The molecule has 1 heterocycles. The molecule has 0 unspecified atom stereocenters.